The Morgan fingerprint density at radius 1 is 1.57 bits per heavy atom. The van der Waals surface area contributed by atoms with Crippen molar-refractivity contribution in [1.82, 2.24) is 5.32 Å². The minimum absolute atomic E-state index is 0.0215. The molecule has 1 aromatic rings. The maximum atomic E-state index is 13.5. The molecular formula is C13H17FN2O5. The second-order valence-electron chi connectivity index (χ2n) is 4.68. The van der Waals surface area contributed by atoms with Gasteiger partial charge in [0.2, 0.25) is 5.75 Å². The fourth-order valence-electron chi connectivity index (χ4n) is 1.72. The first-order valence-electron chi connectivity index (χ1n) is 6.30. The summed E-state index contributed by atoms with van der Waals surface area (Å²) in [6, 6.07) is 3.44. The van der Waals surface area contributed by atoms with E-state index in [1.165, 1.54) is 20.0 Å². The Balaban J connectivity index is 2.65. The summed E-state index contributed by atoms with van der Waals surface area (Å²) >= 11 is 0. The van der Waals surface area contributed by atoms with E-state index < -0.39 is 33.7 Å². The highest BCUT2D eigenvalue weighted by atomic mass is 19.1. The number of hydrogen-bond acceptors (Lipinski definition) is 5. The van der Waals surface area contributed by atoms with E-state index in [2.05, 4.69) is 5.32 Å². The molecule has 1 aromatic carbocycles. The Labute approximate surface area is 120 Å². The standard InChI is InChI=1S/C13H17FN2O5/c1-13(15-2,12(17)18)7-4-8-21-11-9(14)5-3-6-10(11)16(19)20/h3,5-6,15H,4,7-8H2,1-2H3,(H,17,18). The van der Waals surface area contributed by atoms with E-state index >= 15 is 0 Å². The van der Waals surface area contributed by atoms with E-state index in [-0.39, 0.29) is 13.0 Å². The van der Waals surface area contributed by atoms with Gasteiger partial charge in [-0.3, -0.25) is 14.9 Å². The molecule has 0 aliphatic rings. The third-order valence-electron chi connectivity index (χ3n) is 3.23. The maximum Gasteiger partial charge on any atom is 0.323 e. The van der Waals surface area contributed by atoms with Gasteiger partial charge >= 0.3 is 11.7 Å². The smallest absolute Gasteiger partial charge is 0.323 e. The van der Waals surface area contributed by atoms with E-state index in [1.807, 2.05) is 0 Å². The van der Waals surface area contributed by atoms with Crippen LogP contribution in [0.4, 0.5) is 10.1 Å². The molecule has 0 saturated heterocycles. The Kier molecular flexibility index (Phi) is 5.60. The number of benzene rings is 1. The zero-order valence-corrected chi connectivity index (χ0v) is 11.8. The van der Waals surface area contributed by atoms with Gasteiger partial charge in [0.25, 0.3) is 0 Å². The van der Waals surface area contributed by atoms with Crippen LogP contribution in [0.3, 0.4) is 0 Å². The quantitative estimate of drug-likeness (QED) is 0.432. The highest BCUT2D eigenvalue weighted by Gasteiger charge is 2.30. The third kappa shape index (κ3) is 4.12. The van der Waals surface area contributed by atoms with Gasteiger partial charge in [-0.2, -0.15) is 0 Å². The normalized spacial score (nSPS) is 13.5. The molecule has 0 bridgehead atoms. The van der Waals surface area contributed by atoms with Gasteiger partial charge in [-0.15, -0.1) is 0 Å². The molecule has 0 aromatic heterocycles. The number of halogens is 1. The average molecular weight is 300 g/mol. The highest BCUT2D eigenvalue weighted by molar-refractivity contribution is 5.78. The van der Waals surface area contributed by atoms with E-state index in [4.69, 9.17) is 9.84 Å². The molecule has 21 heavy (non-hydrogen) atoms. The number of ether oxygens (including phenoxy) is 1. The predicted molar refractivity (Wildman–Crippen MR) is 72.9 cm³/mol. The predicted octanol–water partition coefficient (Wildman–Crippen LogP) is 1.96. The first-order chi connectivity index (χ1) is 9.81. The third-order valence-corrected chi connectivity index (χ3v) is 3.23. The number of nitrogens with zero attached hydrogens (tertiary/aromatic N) is 1. The second kappa shape index (κ2) is 6.98. The molecule has 7 nitrogen and oxygen atoms in total. The molecule has 0 aliphatic heterocycles. The maximum absolute atomic E-state index is 13.5. The lowest BCUT2D eigenvalue weighted by Crippen LogP contribution is -2.47. The molecule has 0 heterocycles. The van der Waals surface area contributed by atoms with Crippen LogP contribution >= 0.6 is 0 Å². The van der Waals surface area contributed by atoms with Crippen LogP contribution in [-0.4, -0.2) is 35.2 Å². The number of rotatable bonds is 8. The Morgan fingerprint density at radius 3 is 2.76 bits per heavy atom. The van der Waals surface area contributed by atoms with E-state index in [1.54, 1.807) is 0 Å². The summed E-state index contributed by atoms with van der Waals surface area (Å²) in [6.45, 7) is 1.49. The molecule has 0 fully saturated rings. The van der Waals surface area contributed by atoms with Gasteiger partial charge in [0.15, 0.2) is 5.82 Å². The monoisotopic (exact) mass is 300 g/mol. The summed E-state index contributed by atoms with van der Waals surface area (Å²) in [5, 5.41) is 22.5. The molecule has 1 atom stereocenters. The van der Waals surface area contributed by atoms with Gasteiger partial charge in [-0.1, -0.05) is 6.07 Å². The van der Waals surface area contributed by atoms with Gasteiger partial charge in [0.1, 0.15) is 5.54 Å². The van der Waals surface area contributed by atoms with E-state index in [0.717, 1.165) is 12.1 Å². The van der Waals surface area contributed by atoms with Crippen LogP contribution in [0.1, 0.15) is 19.8 Å². The summed E-state index contributed by atoms with van der Waals surface area (Å²) in [7, 11) is 1.52. The Hall–Kier alpha value is -2.22. The molecule has 2 N–H and O–H groups in total. The molecule has 1 rings (SSSR count). The molecule has 116 valence electrons. The van der Waals surface area contributed by atoms with Crippen LogP contribution in [0.15, 0.2) is 18.2 Å². The number of carbonyl (C=O) groups is 1. The van der Waals surface area contributed by atoms with Crippen LogP contribution in [0, 0.1) is 15.9 Å². The lowest BCUT2D eigenvalue weighted by Gasteiger charge is -2.23. The van der Waals surface area contributed by atoms with E-state index in [9.17, 15) is 19.3 Å². The fraction of sp³-hybridized carbons (Fsp3) is 0.462. The molecule has 0 amide bonds. The van der Waals surface area contributed by atoms with Crippen molar-refractivity contribution in [2.24, 2.45) is 0 Å². The zero-order valence-electron chi connectivity index (χ0n) is 11.8. The minimum atomic E-state index is -1.12. The average Bonchev–Trinajstić information content (AvgIpc) is 2.43. The SMILES string of the molecule is CNC(C)(CCCOc1c(F)cccc1[N+](=O)[O-])C(=O)O. The number of para-hydroxylation sites is 1. The number of nitrogens with one attached hydrogen (secondary N) is 1. The molecule has 8 heteroatoms. The summed E-state index contributed by atoms with van der Waals surface area (Å²) in [5.74, 6) is -2.26. The van der Waals surface area contributed by atoms with Crippen molar-refractivity contribution in [3.05, 3.63) is 34.1 Å². The van der Waals surface area contributed by atoms with Gasteiger partial charge < -0.3 is 15.2 Å². The highest BCUT2D eigenvalue weighted by Crippen LogP contribution is 2.29. The number of aliphatic carboxylic acids is 1. The van der Waals surface area contributed by atoms with Crippen molar-refractivity contribution >= 4 is 11.7 Å². The van der Waals surface area contributed by atoms with Gasteiger partial charge in [0.05, 0.1) is 11.5 Å². The van der Waals surface area contributed by atoms with Crippen molar-refractivity contribution in [1.29, 1.82) is 0 Å². The van der Waals surface area contributed by atoms with Crippen molar-refractivity contribution in [3.8, 4) is 5.75 Å². The van der Waals surface area contributed by atoms with Crippen LogP contribution in [0.2, 0.25) is 0 Å². The van der Waals surface area contributed by atoms with Crippen LogP contribution in [0.5, 0.6) is 5.75 Å². The molecular weight excluding hydrogens is 283 g/mol. The lowest BCUT2D eigenvalue weighted by molar-refractivity contribution is -0.386. The largest absolute Gasteiger partial charge is 0.485 e. The lowest BCUT2D eigenvalue weighted by atomic mass is 9.96. The number of hydrogen-bond donors (Lipinski definition) is 2. The molecule has 0 spiro atoms. The van der Waals surface area contributed by atoms with Crippen molar-refractivity contribution in [2.75, 3.05) is 13.7 Å². The molecule has 0 saturated carbocycles. The van der Waals surface area contributed by atoms with Crippen molar-refractivity contribution in [3.63, 3.8) is 0 Å². The number of likely N-dealkylation sites (N-methyl/N-ethyl adjacent to an activating group) is 1. The molecule has 0 aliphatic carbocycles. The first kappa shape index (κ1) is 16.8. The summed E-state index contributed by atoms with van der Waals surface area (Å²) in [4.78, 5) is 21.1. The van der Waals surface area contributed by atoms with Crippen LogP contribution in [-0.2, 0) is 4.79 Å². The summed E-state index contributed by atoms with van der Waals surface area (Å²) in [6.07, 6.45) is 0.538. The van der Waals surface area contributed by atoms with Gasteiger partial charge in [-0.25, -0.2) is 4.39 Å². The zero-order chi connectivity index (χ0) is 16.0. The topological polar surface area (TPSA) is 102 Å². The van der Waals surface area contributed by atoms with Crippen LogP contribution in [0.25, 0.3) is 0 Å². The second-order valence-corrected chi connectivity index (χ2v) is 4.68. The van der Waals surface area contributed by atoms with Crippen LogP contribution < -0.4 is 10.1 Å². The first-order valence-corrected chi connectivity index (χ1v) is 6.30. The number of nitro benzene ring substituents is 1. The molecule has 0 radical (unpaired) electrons. The Morgan fingerprint density at radius 2 is 2.24 bits per heavy atom. The minimum Gasteiger partial charge on any atom is -0.485 e. The van der Waals surface area contributed by atoms with Gasteiger partial charge in [-0.05, 0) is 32.9 Å². The number of nitro groups is 1. The summed E-state index contributed by atoms with van der Waals surface area (Å²) in [5.41, 5.74) is -1.57. The number of carboxylic acid groups (broad SMARTS) is 1. The number of carboxylic acids is 1. The van der Waals surface area contributed by atoms with Crippen molar-refractivity contribution < 1.29 is 24.0 Å². The summed E-state index contributed by atoms with van der Waals surface area (Å²) < 4.78 is 18.6. The molecule has 1 unspecified atom stereocenters. The fourth-order valence-corrected chi connectivity index (χ4v) is 1.72. The Bertz CT molecular complexity index is 537. The van der Waals surface area contributed by atoms with Crippen molar-refractivity contribution in [2.45, 2.75) is 25.3 Å². The van der Waals surface area contributed by atoms with Gasteiger partial charge in [0, 0.05) is 6.07 Å². The van der Waals surface area contributed by atoms with E-state index in [0.29, 0.717) is 6.42 Å².